The Morgan fingerprint density at radius 1 is 0.525 bits per heavy atom. The van der Waals surface area contributed by atoms with Crippen LogP contribution in [0.2, 0.25) is 0 Å². The summed E-state index contributed by atoms with van der Waals surface area (Å²) in [6.07, 6.45) is 0. The highest BCUT2D eigenvalue weighted by atomic mass is 16.5. The zero-order valence-electron chi connectivity index (χ0n) is 21.2. The molecule has 0 amide bonds. The number of hydrogen-bond acceptors (Lipinski definition) is 11. The van der Waals surface area contributed by atoms with E-state index in [2.05, 4.69) is 0 Å². The number of Topliss-reactive ketones (excluding diaryl/α,β-unsaturated/α-hetero) is 1. The van der Waals surface area contributed by atoms with Crippen LogP contribution in [-0.4, -0.2) is 60.9 Å². The highest BCUT2D eigenvalue weighted by Gasteiger charge is 2.38. The Bertz CT molecular complexity index is 1430. The molecule has 0 bridgehead atoms. The van der Waals surface area contributed by atoms with Gasteiger partial charge in [0.1, 0.15) is 34.5 Å². The van der Waals surface area contributed by atoms with E-state index in [1.807, 2.05) is 0 Å². The van der Waals surface area contributed by atoms with Gasteiger partial charge in [-0.2, -0.15) is 0 Å². The van der Waals surface area contributed by atoms with Gasteiger partial charge in [0.15, 0.2) is 28.8 Å². The summed E-state index contributed by atoms with van der Waals surface area (Å²) in [4.78, 5) is 14.6. The predicted molar refractivity (Wildman–Crippen MR) is 141 cm³/mol. The molecule has 11 heteroatoms. The number of rotatable bonds is 8. The SMILES string of the molecule is COc1cc(C(C(=O)C(c2ccc(O)c(OC)c2)c2c(O)cc(O)cc2O)c2c(O)cc(O)cc2O)ccc1O. The molecule has 2 unspecified atom stereocenters. The number of methoxy groups -OCH3 is 2. The third kappa shape index (κ3) is 4.99. The van der Waals surface area contributed by atoms with Gasteiger partial charge < -0.3 is 50.3 Å². The number of aromatic hydroxyl groups is 8. The summed E-state index contributed by atoms with van der Waals surface area (Å²) in [5.74, 6) is -8.08. The van der Waals surface area contributed by atoms with E-state index in [4.69, 9.17) is 9.47 Å². The van der Waals surface area contributed by atoms with Crippen LogP contribution < -0.4 is 9.47 Å². The highest BCUT2D eigenvalue weighted by molar-refractivity contribution is 5.99. The molecule has 40 heavy (non-hydrogen) atoms. The molecule has 0 aliphatic heterocycles. The molecule has 11 nitrogen and oxygen atoms in total. The molecular formula is C29H26O11. The molecule has 0 saturated heterocycles. The van der Waals surface area contributed by atoms with E-state index in [0.29, 0.717) is 0 Å². The molecule has 2 atom stereocenters. The van der Waals surface area contributed by atoms with Crippen LogP contribution in [0.3, 0.4) is 0 Å². The zero-order valence-corrected chi connectivity index (χ0v) is 21.2. The fourth-order valence-electron chi connectivity index (χ4n) is 4.67. The summed E-state index contributed by atoms with van der Waals surface area (Å²) >= 11 is 0. The summed E-state index contributed by atoms with van der Waals surface area (Å²) in [5.41, 5.74) is -0.429. The van der Waals surface area contributed by atoms with E-state index in [1.54, 1.807) is 0 Å². The van der Waals surface area contributed by atoms with Gasteiger partial charge >= 0.3 is 0 Å². The molecule has 0 aliphatic carbocycles. The lowest BCUT2D eigenvalue weighted by Crippen LogP contribution is -2.23. The normalized spacial score (nSPS) is 12.4. The number of phenols is 8. The largest absolute Gasteiger partial charge is 0.508 e. The molecule has 4 aromatic carbocycles. The molecule has 0 radical (unpaired) electrons. The number of benzene rings is 4. The minimum absolute atomic E-state index is 0.0359. The Labute approximate surface area is 227 Å². The Hall–Kier alpha value is -5.45. The van der Waals surface area contributed by atoms with Gasteiger partial charge in [-0.15, -0.1) is 0 Å². The smallest absolute Gasteiger partial charge is 0.160 e. The maximum atomic E-state index is 14.6. The molecule has 4 aromatic rings. The molecule has 208 valence electrons. The first kappa shape index (κ1) is 27.6. The van der Waals surface area contributed by atoms with Gasteiger partial charge in [0.05, 0.1) is 37.2 Å². The Kier molecular flexibility index (Phi) is 7.40. The van der Waals surface area contributed by atoms with Crippen molar-refractivity contribution in [3.63, 3.8) is 0 Å². The Morgan fingerprint density at radius 3 is 1.15 bits per heavy atom. The molecule has 0 heterocycles. The van der Waals surface area contributed by atoms with Crippen LogP contribution in [-0.2, 0) is 4.79 Å². The average molecular weight is 551 g/mol. The van der Waals surface area contributed by atoms with Crippen molar-refractivity contribution >= 4 is 5.78 Å². The van der Waals surface area contributed by atoms with Crippen LogP contribution in [0.15, 0.2) is 60.7 Å². The number of ketones is 1. The van der Waals surface area contributed by atoms with Crippen LogP contribution in [0.4, 0.5) is 0 Å². The lowest BCUT2D eigenvalue weighted by molar-refractivity contribution is -0.120. The second kappa shape index (κ2) is 10.7. The van der Waals surface area contributed by atoms with Crippen molar-refractivity contribution in [2.45, 2.75) is 11.8 Å². The van der Waals surface area contributed by atoms with Gasteiger partial charge in [-0.05, 0) is 35.4 Å². The molecule has 0 aromatic heterocycles. The maximum Gasteiger partial charge on any atom is 0.160 e. The van der Waals surface area contributed by atoms with Crippen molar-refractivity contribution in [2.24, 2.45) is 0 Å². The minimum atomic E-state index is -1.55. The molecule has 4 rings (SSSR count). The van der Waals surface area contributed by atoms with Crippen molar-refractivity contribution in [3.8, 4) is 57.5 Å². The third-order valence-electron chi connectivity index (χ3n) is 6.46. The van der Waals surface area contributed by atoms with Gasteiger partial charge in [-0.1, -0.05) is 12.1 Å². The van der Waals surface area contributed by atoms with Crippen molar-refractivity contribution in [2.75, 3.05) is 14.2 Å². The fourth-order valence-corrected chi connectivity index (χ4v) is 4.67. The predicted octanol–water partition coefficient (Wildman–Crippen LogP) is 3.88. The van der Waals surface area contributed by atoms with Crippen molar-refractivity contribution in [1.82, 2.24) is 0 Å². The van der Waals surface area contributed by atoms with Gasteiger partial charge in [0.25, 0.3) is 0 Å². The molecule has 0 fully saturated rings. The molecular weight excluding hydrogens is 524 g/mol. The van der Waals surface area contributed by atoms with Crippen LogP contribution >= 0.6 is 0 Å². The number of hydrogen-bond donors (Lipinski definition) is 8. The summed E-state index contributed by atoms with van der Waals surface area (Å²) < 4.78 is 10.4. The summed E-state index contributed by atoms with van der Waals surface area (Å²) in [6, 6.07) is 11.4. The monoisotopic (exact) mass is 550 g/mol. The highest BCUT2D eigenvalue weighted by Crippen LogP contribution is 2.49. The van der Waals surface area contributed by atoms with E-state index in [9.17, 15) is 45.6 Å². The molecule has 0 saturated carbocycles. The Morgan fingerprint density at radius 2 is 0.850 bits per heavy atom. The van der Waals surface area contributed by atoms with Crippen LogP contribution in [0.25, 0.3) is 0 Å². The third-order valence-corrected chi connectivity index (χ3v) is 6.46. The van der Waals surface area contributed by atoms with Gasteiger partial charge in [-0.3, -0.25) is 4.79 Å². The lowest BCUT2D eigenvalue weighted by Gasteiger charge is -2.27. The maximum absolute atomic E-state index is 14.6. The zero-order chi connectivity index (χ0) is 29.3. The Balaban J connectivity index is 2.06. The standard InChI is InChI=1S/C29H26O11/c1-39-23-7-13(3-5-17(23)32)25(27-19(34)9-15(30)10-20(27)35)29(38)26(14-4-6-18(33)24(8-14)40-2)28-21(36)11-16(31)12-22(28)37/h3-12,25-26,30-37H,1-2H3. The number of ether oxygens (including phenoxy) is 2. The van der Waals surface area contributed by atoms with Crippen molar-refractivity contribution in [3.05, 3.63) is 82.9 Å². The fraction of sp³-hybridized carbons (Fsp3) is 0.138. The topological polar surface area (TPSA) is 197 Å². The average Bonchev–Trinajstić information content (AvgIpc) is 2.88. The van der Waals surface area contributed by atoms with Crippen molar-refractivity contribution < 1.29 is 55.1 Å². The van der Waals surface area contributed by atoms with Gasteiger partial charge in [0.2, 0.25) is 0 Å². The summed E-state index contributed by atoms with van der Waals surface area (Å²) in [5, 5.41) is 83.2. The number of phenolic OH excluding ortho intramolecular Hbond substituents is 8. The van der Waals surface area contributed by atoms with Crippen LogP contribution in [0.5, 0.6) is 57.5 Å². The van der Waals surface area contributed by atoms with E-state index in [-0.39, 0.29) is 45.3 Å². The van der Waals surface area contributed by atoms with Crippen LogP contribution in [0.1, 0.15) is 34.1 Å². The second-order valence-electron chi connectivity index (χ2n) is 8.93. The lowest BCUT2D eigenvalue weighted by atomic mass is 9.76. The molecule has 0 aliphatic rings. The van der Waals surface area contributed by atoms with Crippen molar-refractivity contribution in [1.29, 1.82) is 0 Å². The molecule has 0 spiro atoms. The minimum Gasteiger partial charge on any atom is -0.508 e. The summed E-state index contributed by atoms with van der Waals surface area (Å²) in [6.45, 7) is 0. The first-order valence-electron chi connectivity index (χ1n) is 11.7. The van der Waals surface area contributed by atoms with E-state index >= 15 is 0 Å². The van der Waals surface area contributed by atoms with Gasteiger partial charge in [0, 0.05) is 24.3 Å². The van der Waals surface area contributed by atoms with E-state index < -0.39 is 52.1 Å². The number of carbonyl (C=O) groups excluding carboxylic acids is 1. The van der Waals surface area contributed by atoms with Gasteiger partial charge in [-0.25, -0.2) is 0 Å². The van der Waals surface area contributed by atoms with Crippen LogP contribution in [0, 0.1) is 0 Å². The first-order valence-corrected chi connectivity index (χ1v) is 11.7. The quantitative estimate of drug-likeness (QED) is 0.158. The summed E-state index contributed by atoms with van der Waals surface area (Å²) in [7, 11) is 2.56. The first-order chi connectivity index (χ1) is 19.0. The number of carbonyl (C=O) groups is 1. The second-order valence-corrected chi connectivity index (χ2v) is 8.93. The van der Waals surface area contributed by atoms with E-state index in [0.717, 1.165) is 24.3 Å². The molecule has 8 N–H and O–H groups in total. The van der Waals surface area contributed by atoms with E-state index in [1.165, 1.54) is 50.6 Å².